The Labute approximate surface area is 156 Å². The van der Waals surface area contributed by atoms with Crippen molar-refractivity contribution >= 4 is 11.5 Å². The van der Waals surface area contributed by atoms with E-state index >= 15 is 0 Å². The fraction of sp³-hybridized carbons (Fsp3) is 0.476. The molecule has 5 heteroatoms. The zero-order valence-electron chi connectivity index (χ0n) is 16.0. The molecule has 2 heterocycles. The van der Waals surface area contributed by atoms with E-state index in [-0.39, 0.29) is 0 Å². The van der Waals surface area contributed by atoms with Crippen LogP contribution >= 0.6 is 0 Å². The lowest BCUT2D eigenvalue weighted by atomic mass is 10.0. The van der Waals surface area contributed by atoms with Crippen molar-refractivity contribution in [2.75, 3.05) is 36.0 Å². The maximum absolute atomic E-state index is 9.75. The van der Waals surface area contributed by atoms with Crippen LogP contribution in [0.25, 0.3) is 0 Å². The van der Waals surface area contributed by atoms with Crippen LogP contribution in [0.4, 0.5) is 11.5 Å². The van der Waals surface area contributed by atoms with Crippen LogP contribution in [0.15, 0.2) is 24.3 Å². The number of hydrogen-bond donors (Lipinski definition) is 0. The molecule has 0 saturated carbocycles. The molecule has 0 radical (unpaired) electrons. The van der Waals surface area contributed by atoms with E-state index < -0.39 is 0 Å². The third-order valence-corrected chi connectivity index (χ3v) is 5.13. The quantitative estimate of drug-likeness (QED) is 0.845. The van der Waals surface area contributed by atoms with Crippen molar-refractivity contribution in [1.29, 1.82) is 5.26 Å². The highest BCUT2D eigenvalue weighted by Gasteiger charge is 2.22. The van der Waals surface area contributed by atoms with Crippen molar-refractivity contribution in [1.82, 2.24) is 10.2 Å². The summed E-state index contributed by atoms with van der Waals surface area (Å²) >= 11 is 0. The van der Waals surface area contributed by atoms with Gasteiger partial charge in [-0.15, -0.1) is 5.10 Å². The van der Waals surface area contributed by atoms with Crippen molar-refractivity contribution in [3.63, 3.8) is 0 Å². The molecule has 1 saturated heterocycles. The van der Waals surface area contributed by atoms with Crippen LogP contribution in [0.1, 0.15) is 42.7 Å². The van der Waals surface area contributed by atoms with Crippen LogP contribution in [-0.4, -0.2) is 36.4 Å². The van der Waals surface area contributed by atoms with Crippen LogP contribution in [0.5, 0.6) is 0 Å². The lowest BCUT2D eigenvalue weighted by Gasteiger charge is -2.25. The van der Waals surface area contributed by atoms with Gasteiger partial charge in [-0.05, 0) is 43.9 Å². The number of rotatable bonds is 4. The Morgan fingerprint density at radius 2 is 1.65 bits per heavy atom. The minimum atomic E-state index is 0.711. The molecule has 0 aliphatic carbocycles. The number of hydrogen-bond acceptors (Lipinski definition) is 5. The average molecular weight is 349 g/mol. The van der Waals surface area contributed by atoms with Gasteiger partial charge in [-0.3, -0.25) is 0 Å². The molecule has 0 atom stereocenters. The first kappa shape index (κ1) is 18.2. The van der Waals surface area contributed by atoms with E-state index in [0.29, 0.717) is 5.56 Å². The van der Waals surface area contributed by atoms with Gasteiger partial charge in [-0.25, -0.2) is 0 Å². The molecular weight excluding hydrogens is 322 g/mol. The molecule has 0 bridgehead atoms. The lowest BCUT2D eigenvalue weighted by Crippen LogP contribution is -2.32. The van der Waals surface area contributed by atoms with Crippen molar-refractivity contribution in [2.45, 2.75) is 40.0 Å². The highest BCUT2D eigenvalue weighted by Crippen LogP contribution is 2.25. The van der Waals surface area contributed by atoms with Crippen LogP contribution in [-0.2, 0) is 12.8 Å². The predicted octanol–water partition coefficient (Wildman–Crippen LogP) is 3.50. The Kier molecular flexibility index (Phi) is 5.72. The van der Waals surface area contributed by atoms with Gasteiger partial charge in [0, 0.05) is 31.9 Å². The first-order chi connectivity index (χ1) is 12.7. The van der Waals surface area contributed by atoms with E-state index in [2.05, 4.69) is 71.1 Å². The molecule has 0 amide bonds. The minimum Gasteiger partial charge on any atom is -0.370 e. The van der Waals surface area contributed by atoms with Crippen molar-refractivity contribution in [3.05, 3.63) is 46.6 Å². The van der Waals surface area contributed by atoms with Crippen LogP contribution < -0.4 is 9.80 Å². The fourth-order valence-corrected chi connectivity index (χ4v) is 3.64. The van der Waals surface area contributed by atoms with Gasteiger partial charge in [-0.2, -0.15) is 10.4 Å². The molecule has 1 aliphatic rings. The van der Waals surface area contributed by atoms with Crippen molar-refractivity contribution < 1.29 is 0 Å². The highest BCUT2D eigenvalue weighted by atomic mass is 15.3. The summed E-state index contributed by atoms with van der Waals surface area (Å²) in [5, 5.41) is 18.6. The summed E-state index contributed by atoms with van der Waals surface area (Å²) in [5.74, 6) is 0.757. The topological polar surface area (TPSA) is 56.1 Å². The van der Waals surface area contributed by atoms with Gasteiger partial charge >= 0.3 is 0 Å². The second-order valence-electron chi connectivity index (χ2n) is 6.81. The molecule has 2 aromatic rings. The molecule has 5 nitrogen and oxygen atoms in total. The summed E-state index contributed by atoms with van der Waals surface area (Å²) in [6.45, 7) is 9.96. The first-order valence-corrected chi connectivity index (χ1v) is 9.53. The van der Waals surface area contributed by atoms with Gasteiger partial charge in [0.05, 0.1) is 5.69 Å². The first-order valence-electron chi connectivity index (χ1n) is 9.53. The van der Waals surface area contributed by atoms with Gasteiger partial charge in [0.15, 0.2) is 5.82 Å². The molecular formula is C21H27N5. The van der Waals surface area contributed by atoms with E-state index in [9.17, 15) is 5.26 Å². The molecule has 1 aromatic heterocycles. The number of benzene rings is 1. The molecule has 0 N–H and O–H groups in total. The van der Waals surface area contributed by atoms with Gasteiger partial charge < -0.3 is 9.80 Å². The molecule has 3 rings (SSSR count). The second-order valence-corrected chi connectivity index (χ2v) is 6.81. The Balaban J connectivity index is 1.83. The van der Waals surface area contributed by atoms with E-state index in [1.807, 2.05) is 0 Å². The molecule has 1 fully saturated rings. The molecule has 136 valence electrons. The molecule has 1 aromatic carbocycles. The van der Waals surface area contributed by atoms with E-state index in [1.54, 1.807) is 0 Å². The Morgan fingerprint density at radius 1 is 0.962 bits per heavy atom. The third kappa shape index (κ3) is 3.65. The second kappa shape index (κ2) is 8.18. The summed E-state index contributed by atoms with van der Waals surface area (Å²) in [4.78, 5) is 4.65. The predicted molar refractivity (Wildman–Crippen MR) is 106 cm³/mol. The minimum absolute atomic E-state index is 0.711. The normalized spacial score (nSPS) is 14.8. The third-order valence-electron chi connectivity index (χ3n) is 5.13. The summed E-state index contributed by atoms with van der Waals surface area (Å²) < 4.78 is 0. The summed E-state index contributed by atoms with van der Waals surface area (Å²) in [5.41, 5.74) is 5.26. The standard InChI is InChI=1S/C21H27N5/c1-4-18-19(15-22)21(24-23-20(18)5-2)26-12-6-11-25(13-14-26)17-9-7-16(3)8-10-17/h7-10H,4-6,11-14H2,1-3H3. The highest BCUT2D eigenvalue weighted by molar-refractivity contribution is 5.59. The van der Waals surface area contributed by atoms with Gasteiger partial charge in [0.2, 0.25) is 0 Å². The monoisotopic (exact) mass is 349 g/mol. The maximum Gasteiger partial charge on any atom is 0.169 e. The molecule has 0 spiro atoms. The summed E-state index contributed by atoms with van der Waals surface area (Å²) in [6.07, 6.45) is 2.67. The smallest absolute Gasteiger partial charge is 0.169 e. The summed E-state index contributed by atoms with van der Waals surface area (Å²) in [7, 11) is 0. The van der Waals surface area contributed by atoms with E-state index in [0.717, 1.165) is 62.5 Å². The van der Waals surface area contributed by atoms with Gasteiger partial charge in [-0.1, -0.05) is 31.5 Å². The number of aromatic nitrogens is 2. The largest absolute Gasteiger partial charge is 0.370 e. The number of nitrogens with zero attached hydrogens (tertiary/aromatic N) is 5. The maximum atomic E-state index is 9.75. The van der Waals surface area contributed by atoms with Crippen LogP contribution in [0.2, 0.25) is 0 Å². The zero-order chi connectivity index (χ0) is 18.5. The number of nitriles is 1. The molecule has 0 unspecified atom stereocenters. The van der Waals surface area contributed by atoms with Crippen LogP contribution in [0.3, 0.4) is 0 Å². The van der Waals surface area contributed by atoms with Gasteiger partial charge in [0.25, 0.3) is 0 Å². The van der Waals surface area contributed by atoms with Crippen LogP contribution in [0, 0.1) is 18.3 Å². The number of anilines is 2. The summed E-state index contributed by atoms with van der Waals surface area (Å²) in [6, 6.07) is 11.1. The van der Waals surface area contributed by atoms with Crippen molar-refractivity contribution in [3.8, 4) is 6.07 Å². The van der Waals surface area contributed by atoms with E-state index in [1.165, 1.54) is 11.3 Å². The number of aryl methyl sites for hydroxylation is 2. The van der Waals surface area contributed by atoms with Gasteiger partial charge in [0.1, 0.15) is 11.6 Å². The Hall–Kier alpha value is -2.61. The Bertz CT molecular complexity index is 791. The van der Waals surface area contributed by atoms with E-state index in [4.69, 9.17) is 0 Å². The zero-order valence-corrected chi connectivity index (χ0v) is 16.0. The fourth-order valence-electron chi connectivity index (χ4n) is 3.64. The lowest BCUT2D eigenvalue weighted by molar-refractivity contribution is 0.768. The average Bonchev–Trinajstić information content (AvgIpc) is 2.93. The molecule has 26 heavy (non-hydrogen) atoms. The molecule has 1 aliphatic heterocycles. The van der Waals surface area contributed by atoms with Crippen molar-refractivity contribution in [2.24, 2.45) is 0 Å². The SMILES string of the molecule is CCc1nnc(N2CCCN(c3ccc(C)cc3)CC2)c(C#N)c1CC. The Morgan fingerprint density at radius 3 is 2.31 bits per heavy atom.